The molecule has 1 aromatic carbocycles. The first-order valence-corrected chi connectivity index (χ1v) is 4.22. The average Bonchev–Trinajstić information content (AvgIpc) is 2.06. The zero-order valence-corrected chi connectivity index (χ0v) is 7.99. The van der Waals surface area contributed by atoms with Crippen LogP contribution in [0.15, 0.2) is 16.6 Å². The Morgan fingerprint density at radius 1 is 1.42 bits per heavy atom. The van der Waals surface area contributed by atoms with E-state index in [0.29, 0.717) is 0 Å². The molecule has 0 radical (unpaired) electrons. The minimum atomic E-state index is -0.697. The first-order chi connectivity index (χ1) is 5.66. The normalized spacial score (nSPS) is 10.0. The number of ether oxygens (including phenoxy) is 1. The monoisotopic (exact) mass is 236 g/mol. The molecule has 66 valence electrons. The number of rotatable bonds is 2. The van der Waals surface area contributed by atoms with Gasteiger partial charge in [0.05, 0.1) is 11.1 Å². The van der Waals surface area contributed by atoms with Gasteiger partial charge in [0, 0.05) is 0 Å². The molecule has 0 atom stereocenters. The average molecular weight is 237 g/mol. The highest BCUT2D eigenvalue weighted by Crippen LogP contribution is 2.27. The van der Waals surface area contributed by atoms with E-state index in [2.05, 4.69) is 15.9 Å². The summed E-state index contributed by atoms with van der Waals surface area (Å²) in [7, 11) is 0. The fraction of sp³-hybridized carbons (Fsp3) is 0.250. The van der Waals surface area contributed by atoms with Gasteiger partial charge in [-0.3, -0.25) is 0 Å². The van der Waals surface area contributed by atoms with Gasteiger partial charge in [-0.1, -0.05) is 0 Å². The van der Waals surface area contributed by atoms with Gasteiger partial charge in [-0.25, -0.2) is 8.78 Å². The van der Waals surface area contributed by atoms with Gasteiger partial charge in [0.1, 0.15) is 0 Å². The van der Waals surface area contributed by atoms with Crippen molar-refractivity contribution < 1.29 is 13.5 Å². The SMILES string of the molecule is CCOc1c(F)ccc(Br)c1F. The van der Waals surface area contributed by atoms with Crippen LogP contribution in [0.5, 0.6) is 5.75 Å². The zero-order chi connectivity index (χ0) is 9.14. The lowest BCUT2D eigenvalue weighted by molar-refractivity contribution is 0.302. The first kappa shape index (κ1) is 9.45. The van der Waals surface area contributed by atoms with Gasteiger partial charge in [0.15, 0.2) is 17.4 Å². The van der Waals surface area contributed by atoms with Gasteiger partial charge in [0.2, 0.25) is 0 Å². The Morgan fingerprint density at radius 3 is 2.67 bits per heavy atom. The van der Waals surface area contributed by atoms with Gasteiger partial charge in [0.25, 0.3) is 0 Å². The molecule has 0 fully saturated rings. The third-order valence-corrected chi connectivity index (χ3v) is 1.90. The molecule has 0 spiro atoms. The second kappa shape index (κ2) is 3.85. The van der Waals surface area contributed by atoms with Crippen molar-refractivity contribution in [1.82, 2.24) is 0 Å². The highest BCUT2D eigenvalue weighted by molar-refractivity contribution is 9.10. The Bertz CT molecular complexity index is 289. The van der Waals surface area contributed by atoms with Crippen LogP contribution in [0.3, 0.4) is 0 Å². The Labute approximate surface area is 77.5 Å². The highest BCUT2D eigenvalue weighted by Gasteiger charge is 2.12. The first-order valence-electron chi connectivity index (χ1n) is 3.43. The van der Waals surface area contributed by atoms with E-state index in [1.807, 2.05) is 0 Å². The quantitative estimate of drug-likeness (QED) is 0.718. The maximum absolute atomic E-state index is 13.0. The molecular formula is C8H7BrF2O. The predicted octanol–water partition coefficient (Wildman–Crippen LogP) is 3.13. The molecule has 1 aromatic rings. The van der Waals surface area contributed by atoms with Crippen LogP contribution >= 0.6 is 15.9 Å². The summed E-state index contributed by atoms with van der Waals surface area (Å²) in [6, 6.07) is 2.45. The number of hydrogen-bond donors (Lipinski definition) is 0. The summed E-state index contributed by atoms with van der Waals surface area (Å²) in [5, 5.41) is 0. The maximum Gasteiger partial charge on any atom is 0.191 e. The summed E-state index contributed by atoms with van der Waals surface area (Å²) in [6.45, 7) is 1.91. The molecule has 0 aliphatic heterocycles. The third kappa shape index (κ3) is 1.75. The van der Waals surface area contributed by atoms with E-state index in [1.54, 1.807) is 6.92 Å². The van der Waals surface area contributed by atoms with Crippen LogP contribution in [-0.4, -0.2) is 6.61 Å². The topological polar surface area (TPSA) is 9.23 Å². The molecule has 0 heterocycles. The molecule has 0 bridgehead atoms. The van der Waals surface area contributed by atoms with Crippen LogP contribution in [0.2, 0.25) is 0 Å². The van der Waals surface area contributed by atoms with Crippen LogP contribution in [0.4, 0.5) is 8.78 Å². The zero-order valence-electron chi connectivity index (χ0n) is 6.40. The van der Waals surface area contributed by atoms with E-state index in [4.69, 9.17) is 4.74 Å². The largest absolute Gasteiger partial charge is 0.488 e. The Morgan fingerprint density at radius 2 is 2.08 bits per heavy atom. The number of hydrogen-bond acceptors (Lipinski definition) is 1. The Balaban J connectivity index is 3.14. The molecule has 1 rings (SSSR count). The Hall–Kier alpha value is -0.640. The van der Waals surface area contributed by atoms with Crippen molar-refractivity contribution in [2.45, 2.75) is 6.92 Å². The van der Waals surface area contributed by atoms with Crippen LogP contribution in [0.25, 0.3) is 0 Å². The lowest BCUT2D eigenvalue weighted by Crippen LogP contribution is -1.98. The summed E-state index contributed by atoms with van der Waals surface area (Å²) in [6.07, 6.45) is 0. The molecule has 0 N–H and O–H groups in total. The van der Waals surface area contributed by atoms with Crippen LogP contribution in [0.1, 0.15) is 6.92 Å². The second-order valence-electron chi connectivity index (χ2n) is 2.11. The van der Waals surface area contributed by atoms with Crippen molar-refractivity contribution in [3.8, 4) is 5.75 Å². The molecule has 0 unspecified atom stereocenters. The minimum absolute atomic E-state index is 0.201. The molecular weight excluding hydrogens is 230 g/mol. The molecule has 0 aromatic heterocycles. The number of halogens is 3. The molecule has 0 aliphatic carbocycles. The fourth-order valence-electron chi connectivity index (χ4n) is 0.785. The standard InChI is InChI=1S/C8H7BrF2O/c1-2-12-8-6(10)4-3-5(9)7(8)11/h3-4H,2H2,1H3. The van der Waals surface area contributed by atoms with Gasteiger partial charge < -0.3 is 4.74 Å². The summed E-state index contributed by atoms with van der Waals surface area (Å²) in [5.74, 6) is -1.71. The summed E-state index contributed by atoms with van der Waals surface area (Å²) in [5.41, 5.74) is 0. The van der Waals surface area contributed by atoms with Crippen molar-refractivity contribution in [2.24, 2.45) is 0 Å². The van der Waals surface area contributed by atoms with Crippen molar-refractivity contribution in [3.63, 3.8) is 0 Å². The third-order valence-electron chi connectivity index (χ3n) is 1.29. The molecule has 0 saturated heterocycles. The van der Waals surface area contributed by atoms with Gasteiger partial charge in [-0.2, -0.15) is 0 Å². The summed E-state index contributed by atoms with van der Waals surface area (Å²) >= 11 is 2.93. The predicted molar refractivity (Wildman–Crippen MR) is 45.2 cm³/mol. The molecule has 0 saturated carbocycles. The molecule has 4 heteroatoms. The van der Waals surface area contributed by atoms with Crippen molar-refractivity contribution >= 4 is 15.9 Å². The lowest BCUT2D eigenvalue weighted by atomic mass is 10.3. The number of benzene rings is 1. The van der Waals surface area contributed by atoms with Crippen molar-refractivity contribution in [1.29, 1.82) is 0 Å². The second-order valence-corrected chi connectivity index (χ2v) is 2.96. The van der Waals surface area contributed by atoms with E-state index >= 15 is 0 Å². The fourth-order valence-corrected chi connectivity index (χ4v) is 1.10. The van der Waals surface area contributed by atoms with Gasteiger partial charge in [-0.15, -0.1) is 0 Å². The highest BCUT2D eigenvalue weighted by atomic mass is 79.9. The van der Waals surface area contributed by atoms with Crippen molar-refractivity contribution in [3.05, 3.63) is 28.2 Å². The molecule has 0 aliphatic rings. The van der Waals surface area contributed by atoms with E-state index < -0.39 is 11.6 Å². The van der Waals surface area contributed by atoms with Crippen LogP contribution < -0.4 is 4.74 Å². The summed E-state index contributed by atoms with van der Waals surface area (Å²) < 4.78 is 30.8. The van der Waals surface area contributed by atoms with E-state index in [0.717, 1.165) is 6.07 Å². The van der Waals surface area contributed by atoms with Gasteiger partial charge in [-0.05, 0) is 35.0 Å². The van der Waals surface area contributed by atoms with Crippen LogP contribution in [0, 0.1) is 11.6 Å². The molecule has 0 amide bonds. The van der Waals surface area contributed by atoms with E-state index in [9.17, 15) is 8.78 Å². The van der Waals surface area contributed by atoms with E-state index in [1.165, 1.54) is 6.07 Å². The maximum atomic E-state index is 13.0. The smallest absolute Gasteiger partial charge is 0.191 e. The van der Waals surface area contributed by atoms with Crippen molar-refractivity contribution in [2.75, 3.05) is 6.61 Å². The molecule has 1 nitrogen and oxygen atoms in total. The summed E-state index contributed by atoms with van der Waals surface area (Å²) in [4.78, 5) is 0. The lowest BCUT2D eigenvalue weighted by Gasteiger charge is -2.06. The van der Waals surface area contributed by atoms with E-state index in [-0.39, 0.29) is 16.8 Å². The van der Waals surface area contributed by atoms with Crippen LogP contribution in [-0.2, 0) is 0 Å². The Kier molecular flexibility index (Phi) is 3.03. The molecule has 12 heavy (non-hydrogen) atoms. The van der Waals surface area contributed by atoms with Gasteiger partial charge >= 0.3 is 0 Å². The minimum Gasteiger partial charge on any atom is -0.488 e.